The molecule has 5 atom stereocenters. The van der Waals surface area contributed by atoms with Gasteiger partial charge in [-0.3, -0.25) is 4.79 Å². The first-order valence-electron chi connectivity index (χ1n) is 10.2. The van der Waals surface area contributed by atoms with Crippen LogP contribution in [0.3, 0.4) is 0 Å². The Kier molecular flexibility index (Phi) is 11.3. The van der Waals surface area contributed by atoms with E-state index in [1.165, 1.54) is 6.42 Å². The van der Waals surface area contributed by atoms with E-state index in [2.05, 4.69) is 6.92 Å². The first-order chi connectivity index (χ1) is 11.9. The number of aliphatic hydroxyl groups is 3. The van der Waals surface area contributed by atoms with Gasteiger partial charge in [0, 0.05) is 0 Å². The molecule has 1 fully saturated rings. The van der Waals surface area contributed by atoms with E-state index >= 15 is 0 Å². The van der Waals surface area contributed by atoms with E-state index in [0.29, 0.717) is 12.3 Å². The number of aliphatic carboxylic acids is 1. The molecule has 25 heavy (non-hydrogen) atoms. The second-order valence-corrected chi connectivity index (χ2v) is 7.83. The Balaban J connectivity index is 2.23. The van der Waals surface area contributed by atoms with E-state index in [1.54, 1.807) is 0 Å². The molecule has 0 heterocycles. The summed E-state index contributed by atoms with van der Waals surface area (Å²) in [5.74, 6) is -0.178. The molecule has 0 aromatic heterocycles. The van der Waals surface area contributed by atoms with Crippen LogP contribution < -0.4 is 0 Å². The minimum atomic E-state index is -0.955. The zero-order chi connectivity index (χ0) is 18.7. The number of hydrogen-bond donors (Lipinski definition) is 4. The van der Waals surface area contributed by atoms with E-state index in [0.717, 1.165) is 64.2 Å². The molecule has 148 valence electrons. The van der Waals surface area contributed by atoms with E-state index in [1.807, 2.05) is 0 Å². The van der Waals surface area contributed by atoms with Crippen molar-refractivity contribution in [2.24, 2.45) is 11.8 Å². The van der Waals surface area contributed by atoms with Crippen molar-refractivity contribution in [2.45, 2.75) is 109 Å². The summed E-state index contributed by atoms with van der Waals surface area (Å²) < 4.78 is 0. The molecule has 0 spiro atoms. The van der Waals surface area contributed by atoms with Crippen molar-refractivity contribution >= 4 is 5.97 Å². The molecular formula is C20H38O5. The molecule has 0 aliphatic heterocycles. The van der Waals surface area contributed by atoms with Crippen molar-refractivity contribution < 1.29 is 25.2 Å². The van der Waals surface area contributed by atoms with Crippen LogP contribution in [-0.2, 0) is 4.79 Å². The fourth-order valence-corrected chi connectivity index (χ4v) is 4.16. The van der Waals surface area contributed by atoms with E-state index in [-0.39, 0.29) is 24.5 Å². The summed E-state index contributed by atoms with van der Waals surface area (Å²) in [6.07, 6.45) is 9.75. The Bertz CT molecular complexity index is 360. The van der Waals surface area contributed by atoms with E-state index < -0.39 is 12.1 Å². The summed E-state index contributed by atoms with van der Waals surface area (Å²) in [6, 6.07) is 0. The number of carboxylic acid groups (broad SMARTS) is 1. The first-order valence-corrected chi connectivity index (χ1v) is 10.2. The van der Waals surface area contributed by atoms with Crippen LogP contribution >= 0.6 is 0 Å². The Morgan fingerprint density at radius 3 is 2.32 bits per heavy atom. The number of carbonyl (C=O) groups is 1. The fourth-order valence-electron chi connectivity index (χ4n) is 4.16. The molecule has 1 saturated carbocycles. The molecule has 0 radical (unpaired) electrons. The van der Waals surface area contributed by atoms with Gasteiger partial charge in [0.15, 0.2) is 0 Å². The molecule has 1 aliphatic rings. The summed E-state index contributed by atoms with van der Waals surface area (Å²) in [5, 5.41) is 38.6. The van der Waals surface area contributed by atoms with E-state index in [9.17, 15) is 20.1 Å². The summed E-state index contributed by atoms with van der Waals surface area (Å²) >= 11 is 0. The maximum Gasteiger partial charge on any atom is 0.305 e. The number of carboxylic acids is 1. The van der Waals surface area contributed by atoms with Crippen molar-refractivity contribution in [2.75, 3.05) is 0 Å². The normalized spacial score (nSPS) is 25.8. The number of unbranched alkanes of at least 4 members (excludes halogenated alkanes) is 3. The molecule has 1 rings (SSSR count). The highest BCUT2D eigenvalue weighted by molar-refractivity contribution is 5.67. The molecule has 5 heteroatoms. The molecule has 0 bridgehead atoms. The van der Waals surface area contributed by atoms with Gasteiger partial charge in [0.2, 0.25) is 0 Å². The molecule has 2 unspecified atom stereocenters. The third-order valence-corrected chi connectivity index (χ3v) is 5.68. The third kappa shape index (κ3) is 9.57. The average Bonchev–Trinajstić information content (AvgIpc) is 2.89. The van der Waals surface area contributed by atoms with Gasteiger partial charge in [-0.15, -0.1) is 0 Å². The lowest BCUT2D eigenvalue weighted by Gasteiger charge is -2.23. The average molecular weight is 359 g/mol. The minimum absolute atomic E-state index is 0.180. The van der Waals surface area contributed by atoms with Gasteiger partial charge in [-0.2, -0.15) is 0 Å². The predicted octanol–water partition coefficient (Wildman–Crippen LogP) is 3.49. The van der Waals surface area contributed by atoms with Gasteiger partial charge in [-0.05, 0) is 50.4 Å². The highest BCUT2D eigenvalue weighted by atomic mass is 16.4. The van der Waals surface area contributed by atoms with Crippen LogP contribution in [0.5, 0.6) is 0 Å². The standard InChI is InChI=1S/C20H38O5/c1-2-3-4-8-16(21)11-12-18-15(10-13-19(18)23)7-5-6-9-17(22)14-20(24)25/h15-19,21-23H,2-14H2,1H3,(H,24,25)/t15-,16?,17?,18+,19+/m0/s1. The van der Waals surface area contributed by atoms with Gasteiger partial charge in [-0.25, -0.2) is 0 Å². The summed E-state index contributed by atoms with van der Waals surface area (Å²) in [6.45, 7) is 2.16. The Morgan fingerprint density at radius 2 is 1.64 bits per heavy atom. The molecule has 0 aromatic carbocycles. The van der Waals surface area contributed by atoms with Crippen molar-refractivity contribution in [3.8, 4) is 0 Å². The van der Waals surface area contributed by atoms with Crippen LogP contribution in [0, 0.1) is 11.8 Å². The monoisotopic (exact) mass is 358 g/mol. The van der Waals surface area contributed by atoms with Crippen LogP contribution in [0.25, 0.3) is 0 Å². The second kappa shape index (κ2) is 12.7. The lowest BCUT2D eigenvalue weighted by molar-refractivity contribution is -0.139. The summed E-state index contributed by atoms with van der Waals surface area (Å²) in [7, 11) is 0. The van der Waals surface area contributed by atoms with Crippen LogP contribution in [-0.4, -0.2) is 44.7 Å². The van der Waals surface area contributed by atoms with Gasteiger partial charge >= 0.3 is 5.97 Å². The molecule has 5 nitrogen and oxygen atoms in total. The highest BCUT2D eigenvalue weighted by Gasteiger charge is 2.34. The molecule has 0 amide bonds. The smallest absolute Gasteiger partial charge is 0.305 e. The summed E-state index contributed by atoms with van der Waals surface area (Å²) in [4.78, 5) is 10.5. The van der Waals surface area contributed by atoms with Gasteiger partial charge in [0.25, 0.3) is 0 Å². The Hall–Kier alpha value is -0.650. The number of aliphatic hydroxyl groups excluding tert-OH is 3. The van der Waals surface area contributed by atoms with Crippen LogP contribution in [0.4, 0.5) is 0 Å². The van der Waals surface area contributed by atoms with Crippen molar-refractivity contribution in [3.63, 3.8) is 0 Å². The van der Waals surface area contributed by atoms with Gasteiger partial charge in [0.05, 0.1) is 24.7 Å². The largest absolute Gasteiger partial charge is 0.481 e. The lowest BCUT2D eigenvalue weighted by atomic mass is 9.85. The number of hydrogen-bond acceptors (Lipinski definition) is 4. The Labute approximate surface area is 152 Å². The van der Waals surface area contributed by atoms with Crippen LogP contribution in [0.1, 0.15) is 90.4 Å². The van der Waals surface area contributed by atoms with Crippen molar-refractivity contribution in [3.05, 3.63) is 0 Å². The zero-order valence-corrected chi connectivity index (χ0v) is 15.8. The zero-order valence-electron chi connectivity index (χ0n) is 15.8. The van der Waals surface area contributed by atoms with Crippen LogP contribution in [0.15, 0.2) is 0 Å². The molecule has 1 aliphatic carbocycles. The Morgan fingerprint density at radius 1 is 0.960 bits per heavy atom. The quantitative estimate of drug-likeness (QED) is 0.356. The summed E-state index contributed by atoms with van der Waals surface area (Å²) in [5.41, 5.74) is 0. The van der Waals surface area contributed by atoms with Gasteiger partial charge in [-0.1, -0.05) is 45.4 Å². The maximum atomic E-state index is 10.5. The molecular weight excluding hydrogens is 320 g/mol. The van der Waals surface area contributed by atoms with Crippen LogP contribution in [0.2, 0.25) is 0 Å². The fraction of sp³-hybridized carbons (Fsp3) is 0.950. The number of rotatable bonds is 14. The molecule has 0 saturated heterocycles. The first kappa shape index (κ1) is 22.4. The lowest BCUT2D eigenvalue weighted by Crippen LogP contribution is -2.21. The maximum absolute atomic E-state index is 10.5. The second-order valence-electron chi connectivity index (χ2n) is 7.83. The molecule has 4 N–H and O–H groups in total. The van der Waals surface area contributed by atoms with Crippen molar-refractivity contribution in [1.29, 1.82) is 0 Å². The highest BCUT2D eigenvalue weighted by Crippen LogP contribution is 2.39. The third-order valence-electron chi connectivity index (χ3n) is 5.68. The van der Waals surface area contributed by atoms with E-state index in [4.69, 9.17) is 5.11 Å². The molecule has 0 aromatic rings. The topological polar surface area (TPSA) is 98.0 Å². The predicted molar refractivity (Wildman–Crippen MR) is 98.3 cm³/mol. The SMILES string of the molecule is CCCCCC(O)CC[C@@H]1[C@@H](CCCCC(O)CC(=O)O)CC[C@H]1O. The van der Waals surface area contributed by atoms with Gasteiger partial charge < -0.3 is 20.4 Å². The van der Waals surface area contributed by atoms with Crippen molar-refractivity contribution in [1.82, 2.24) is 0 Å². The van der Waals surface area contributed by atoms with Gasteiger partial charge in [0.1, 0.15) is 0 Å². The minimum Gasteiger partial charge on any atom is -0.481 e.